The molecule has 3 N–H and O–H groups in total. The summed E-state index contributed by atoms with van der Waals surface area (Å²) in [5.41, 5.74) is 0.853. The Morgan fingerprint density at radius 1 is 1.00 bits per heavy atom. The number of rotatable bonds is 10. The Balaban J connectivity index is 1.21. The standard InChI is InChI=1S/C28H41N7O/c1-3-35(4-2)22-9-11-23(12-10-22)36-24-7-5-6-21-18-31-28(34-27(21)24)33-26-19-30-25(32-26)13-8-20-14-16-29-17-15-20/h5-7,18-20,22-23,29H,3-4,8-17H2,1-2H3,(H,30,32)(H,31,33,34). The molecule has 5 rings (SSSR count). The summed E-state index contributed by atoms with van der Waals surface area (Å²) >= 11 is 0. The minimum absolute atomic E-state index is 0.240. The molecule has 3 heterocycles. The van der Waals surface area contributed by atoms with Crippen molar-refractivity contribution in [3.05, 3.63) is 36.4 Å². The third-order valence-corrected chi connectivity index (χ3v) is 7.96. The van der Waals surface area contributed by atoms with Crippen LogP contribution < -0.4 is 15.4 Å². The van der Waals surface area contributed by atoms with E-state index in [4.69, 9.17) is 9.72 Å². The highest BCUT2D eigenvalue weighted by Gasteiger charge is 2.26. The van der Waals surface area contributed by atoms with E-state index in [-0.39, 0.29) is 6.10 Å². The molecule has 2 aliphatic rings. The zero-order valence-corrected chi connectivity index (χ0v) is 21.8. The molecule has 1 saturated carbocycles. The first-order valence-electron chi connectivity index (χ1n) is 13.9. The van der Waals surface area contributed by atoms with Gasteiger partial charge in [-0.05, 0) is 83.1 Å². The molecule has 3 aromatic rings. The number of nitrogens with zero attached hydrogens (tertiary/aromatic N) is 4. The number of para-hydroxylation sites is 1. The molecule has 0 amide bonds. The zero-order chi connectivity index (χ0) is 24.7. The second-order valence-electron chi connectivity index (χ2n) is 10.3. The maximum Gasteiger partial charge on any atom is 0.229 e. The number of anilines is 2. The highest BCUT2D eigenvalue weighted by Crippen LogP contribution is 2.31. The molecule has 0 unspecified atom stereocenters. The fourth-order valence-corrected chi connectivity index (χ4v) is 5.82. The van der Waals surface area contributed by atoms with Crippen molar-refractivity contribution in [1.29, 1.82) is 0 Å². The van der Waals surface area contributed by atoms with Crippen LogP contribution in [0.4, 0.5) is 11.8 Å². The second-order valence-corrected chi connectivity index (χ2v) is 10.3. The third-order valence-electron chi connectivity index (χ3n) is 7.96. The molecule has 194 valence electrons. The lowest BCUT2D eigenvalue weighted by Crippen LogP contribution is -2.39. The molecule has 2 aromatic heterocycles. The van der Waals surface area contributed by atoms with Gasteiger partial charge >= 0.3 is 0 Å². The van der Waals surface area contributed by atoms with Gasteiger partial charge in [-0.25, -0.2) is 15.0 Å². The van der Waals surface area contributed by atoms with Gasteiger partial charge in [0.2, 0.25) is 5.95 Å². The lowest BCUT2D eigenvalue weighted by atomic mass is 9.91. The molecule has 0 spiro atoms. The Morgan fingerprint density at radius 2 is 1.81 bits per heavy atom. The van der Waals surface area contributed by atoms with Crippen molar-refractivity contribution in [2.24, 2.45) is 5.92 Å². The van der Waals surface area contributed by atoms with Gasteiger partial charge < -0.3 is 25.3 Å². The number of piperidine rings is 1. The quantitative estimate of drug-likeness (QED) is 0.365. The summed E-state index contributed by atoms with van der Waals surface area (Å²) in [5, 5.41) is 7.73. The van der Waals surface area contributed by atoms with Gasteiger partial charge in [-0.15, -0.1) is 0 Å². The van der Waals surface area contributed by atoms with Gasteiger partial charge in [-0.2, -0.15) is 0 Å². The van der Waals surface area contributed by atoms with Gasteiger partial charge in [0.15, 0.2) is 0 Å². The van der Waals surface area contributed by atoms with Gasteiger partial charge in [0, 0.05) is 24.0 Å². The first kappa shape index (κ1) is 25.0. The lowest BCUT2D eigenvalue weighted by Gasteiger charge is -2.35. The first-order chi connectivity index (χ1) is 17.7. The van der Waals surface area contributed by atoms with Gasteiger partial charge in [-0.3, -0.25) is 0 Å². The molecular formula is C28H41N7O. The molecule has 0 atom stereocenters. The molecule has 36 heavy (non-hydrogen) atoms. The Bertz CT molecular complexity index is 1100. The van der Waals surface area contributed by atoms with E-state index >= 15 is 0 Å². The molecule has 8 heteroatoms. The average molecular weight is 492 g/mol. The average Bonchev–Trinajstić information content (AvgIpc) is 3.37. The van der Waals surface area contributed by atoms with E-state index in [2.05, 4.69) is 44.3 Å². The number of hydrogen-bond donors (Lipinski definition) is 3. The van der Waals surface area contributed by atoms with Gasteiger partial charge in [-0.1, -0.05) is 26.0 Å². The van der Waals surface area contributed by atoms with E-state index in [1.807, 2.05) is 30.6 Å². The number of aromatic nitrogens is 4. The minimum atomic E-state index is 0.240. The topological polar surface area (TPSA) is 91.0 Å². The molecule has 0 bridgehead atoms. The first-order valence-corrected chi connectivity index (χ1v) is 13.9. The summed E-state index contributed by atoms with van der Waals surface area (Å²) in [4.78, 5) is 19.9. The summed E-state index contributed by atoms with van der Waals surface area (Å²) in [6.45, 7) is 9.04. The highest BCUT2D eigenvalue weighted by atomic mass is 16.5. The molecule has 1 aliphatic carbocycles. The lowest BCUT2D eigenvalue weighted by molar-refractivity contribution is 0.0942. The van der Waals surface area contributed by atoms with Crippen LogP contribution in [0.2, 0.25) is 0 Å². The van der Waals surface area contributed by atoms with E-state index in [9.17, 15) is 0 Å². The molecule has 2 fully saturated rings. The van der Waals surface area contributed by atoms with E-state index in [0.29, 0.717) is 12.0 Å². The van der Waals surface area contributed by atoms with Crippen molar-refractivity contribution in [2.75, 3.05) is 31.5 Å². The van der Waals surface area contributed by atoms with Crippen molar-refractivity contribution < 1.29 is 4.74 Å². The number of fused-ring (bicyclic) bond motifs is 1. The van der Waals surface area contributed by atoms with Gasteiger partial charge in [0.25, 0.3) is 0 Å². The summed E-state index contributed by atoms with van der Waals surface area (Å²) in [6.07, 6.45) is 13.2. The summed E-state index contributed by atoms with van der Waals surface area (Å²) in [5.74, 6) is 4.03. The fourth-order valence-electron chi connectivity index (χ4n) is 5.82. The van der Waals surface area contributed by atoms with Crippen LogP contribution in [0.25, 0.3) is 10.9 Å². The van der Waals surface area contributed by atoms with Crippen LogP contribution in [-0.4, -0.2) is 63.2 Å². The monoisotopic (exact) mass is 491 g/mol. The molecule has 8 nitrogen and oxygen atoms in total. The third kappa shape index (κ3) is 6.16. The number of aryl methyl sites for hydroxylation is 1. The molecule has 1 aliphatic heterocycles. The van der Waals surface area contributed by atoms with Crippen LogP contribution in [0.3, 0.4) is 0 Å². The van der Waals surface area contributed by atoms with E-state index in [1.54, 1.807) is 0 Å². The predicted octanol–water partition coefficient (Wildman–Crippen LogP) is 5.06. The molecule has 1 aromatic carbocycles. The number of H-pyrrole nitrogens is 1. The fraction of sp³-hybridized carbons (Fsp3) is 0.607. The van der Waals surface area contributed by atoms with E-state index in [1.165, 1.54) is 32.1 Å². The SMILES string of the molecule is CCN(CC)C1CCC(Oc2cccc3cnc(Nc4cnc(CCC5CCNCC5)[nH]4)nc23)CC1. The number of benzene rings is 1. The van der Waals surface area contributed by atoms with Crippen molar-refractivity contribution >= 4 is 22.7 Å². The summed E-state index contributed by atoms with van der Waals surface area (Å²) in [7, 11) is 0. The number of nitrogens with one attached hydrogen (secondary N) is 3. The van der Waals surface area contributed by atoms with Gasteiger partial charge in [0.05, 0.1) is 12.3 Å². The molecule has 0 radical (unpaired) electrons. The van der Waals surface area contributed by atoms with Crippen LogP contribution in [0.5, 0.6) is 5.75 Å². The highest BCUT2D eigenvalue weighted by molar-refractivity contribution is 5.84. The van der Waals surface area contributed by atoms with Crippen molar-refractivity contribution in [3.8, 4) is 5.75 Å². The Labute approximate surface area is 214 Å². The minimum Gasteiger partial charge on any atom is -0.488 e. The Kier molecular flexibility index (Phi) is 8.33. The van der Waals surface area contributed by atoms with E-state index in [0.717, 1.165) is 79.7 Å². The second kappa shape index (κ2) is 12.0. The normalized spacial score (nSPS) is 21.2. The summed E-state index contributed by atoms with van der Waals surface area (Å²) < 4.78 is 6.50. The predicted molar refractivity (Wildman–Crippen MR) is 145 cm³/mol. The van der Waals surface area contributed by atoms with Crippen LogP contribution in [0.1, 0.15) is 64.6 Å². The Hall–Kier alpha value is -2.71. The number of hydrogen-bond acceptors (Lipinski definition) is 7. The van der Waals surface area contributed by atoms with Crippen molar-refractivity contribution in [1.82, 2.24) is 30.2 Å². The van der Waals surface area contributed by atoms with Crippen molar-refractivity contribution in [3.63, 3.8) is 0 Å². The zero-order valence-electron chi connectivity index (χ0n) is 21.8. The van der Waals surface area contributed by atoms with Crippen LogP contribution >= 0.6 is 0 Å². The largest absolute Gasteiger partial charge is 0.488 e. The maximum atomic E-state index is 6.50. The number of imidazole rings is 1. The maximum absolute atomic E-state index is 6.50. The summed E-state index contributed by atoms with van der Waals surface area (Å²) in [6, 6.07) is 6.78. The smallest absolute Gasteiger partial charge is 0.229 e. The molecule has 1 saturated heterocycles. The van der Waals surface area contributed by atoms with Crippen LogP contribution in [-0.2, 0) is 6.42 Å². The van der Waals surface area contributed by atoms with Crippen molar-refractivity contribution in [2.45, 2.75) is 77.4 Å². The number of aromatic amines is 1. The Morgan fingerprint density at radius 3 is 2.58 bits per heavy atom. The van der Waals surface area contributed by atoms with Crippen LogP contribution in [0, 0.1) is 5.92 Å². The van der Waals surface area contributed by atoms with Crippen LogP contribution in [0.15, 0.2) is 30.6 Å². The molecular weight excluding hydrogens is 450 g/mol. The number of ether oxygens (including phenoxy) is 1. The van der Waals surface area contributed by atoms with Gasteiger partial charge in [0.1, 0.15) is 22.9 Å². The van der Waals surface area contributed by atoms with E-state index < -0.39 is 0 Å².